The summed E-state index contributed by atoms with van der Waals surface area (Å²) in [4.78, 5) is 42.3. The summed E-state index contributed by atoms with van der Waals surface area (Å²) in [6.07, 6.45) is 1.84. The fourth-order valence-electron chi connectivity index (χ4n) is 3.06. The number of carbonyl (C=O) groups excluding carboxylic acids is 2. The van der Waals surface area contributed by atoms with E-state index in [9.17, 15) is 14.4 Å². The highest BCUT2D eigenvalue weighted by atomic mass is 35.5. The Morgan fingerprint density at radius 1 is 1.03 bits per heavy atom. The number of carbonyl (C=O) groups is 2. The van der Waals surface area contributed by atoms with Gasteiger partial charge in [-0.05, 0) is 72.9 Å². The molecule has 3 rings (SSSR count). The Balaban J connectivity index is 1.88. The summed E-state index contributed by atoms with van der Waals surface area (Å²) in [6, 6.07) is 12.4. The van der Waals surface area contributed by atoms with Gasteiger partial charge in [0.05, 0.1) is 6.54 Å². The van der Waals surface area contributed by atoms with Crippen molar-refractivity contribution in [1.29, 1.82) is 0 Å². The number of amides is 1. The Hall–Kier alpha value is -2.76. The van der Waals surface area contributed by atoms with Crippen LogP contribution in [0.25, 0.3) is 0 Å². The molecule has 2 aromatic carbocycles. The van der Waals surface area contributed by atoms with E-state index in [-0.39, 0.29) is 11.3 Å². The van der Waals surface area contributed by atoms with E-state index in [0.717, 1.165) is 28.1 Å². The third-order valence-electron chi connectivity index (χ3n) is 5.00. The van der Waals surface area contributed by atoms with E-state index in [1.807, 2.05) is 0 Å². The Morgan fingerprint density at radius 3 is 2.29 bits per heavy atom. The maximum Gasteiger partial charge on any atom is 0.342 e. The first-order valence-corrected chi connectivity index (χ1v) is 12.3. The summed E-state index contributed by atoms with van der Waals surface area (Å²) in [5.74, 6) is -1.22. The smallest absolute Gasteiger partial charge is 0.342 e. The van der Waals surface area contributed by atoms with Gasteiger partial charge in [0, 0.05) is 15.6 Å². The summed E-state index contributed by atoms with van der Waals surface area (Å²) in [5, 5.41) is 1.05. The van der Waals surface area contributed by atoms with Crippen molar-refractivity contribution >= 4 is 46.6 Å². The second-order valence-electron chi connectivity index (χ2n) is 7.65. The van der Waals surface area contributed by atoms with Crippen molar-refractivity contribution in [3.8, 4) is 0 Å². The van der Waals surface area contributed by atoms with E-state index in [1.54, 1.807) is 36.4 Å². The van der Waals surface area contributed by atoms with Crippen molar-refractivity contribution in [3.63, 3.8) is 0 Å². The van der Waals surface area contributed by atoms with E-state index in [4.69, 9.17) is 39.4 Å². The average Bonchev–Trinajstić information content (AvgIpc) is 3.12. The van der Waals surface area contributed by atoms with Gasteiger partial charge in [0.1, 0.15) is 6.04 Å². The predicted octanol–water partition coefficient (Wildman–Crippen LogP) is 2.76. The SMILES string of the molecule is NCCCCC(N)C(=O)OCn1c(=NC(=O)c2ccc(Cl)cc2)sn(Cc2ccc(Cl)cc2)c1=O. The van der Waals surface area contributed by atoms with Crippen LogP contribution in [-0.2, 0) is 22.8 Å². The molecule has 1 heterocycles. The van der Waals surface area contributed by atoms with Gasteiger partial charge in [0.2, 0.25) is 4.80 Å². The number of aromatic nitrogens is 2. The monoisotopic (exact) mass is 537 g/mol. The number of nitrogens with two attached hydrogens (primary N) is 2. The molecule has 1 aromatic heterocycles. The number of ether oxygens (including phenoxy) is 1. The maximum absolute atomic E-state index is 13.1. The standard InChI is InChI=1S/C23H25Cl2N5O4S/c24-17-8-4-15(5-9-17)13-30-23(33)29(14-34-21(32)19(27)3-1-2-12-26)22(35-30)28-20(31)16-6-10-18(25)11-7-16/h4-11,19H,1-3,12-14,26-27H2. The van der Waals surface area contributed by atoms with Gasteiger partial charge in [0.25, 0.3) is 5.91 Å². The molecule has 0 aliphatic carbocycles. The van der Waals surface area contributed by atoms with Crippen LogP contribution in [0.2, 0.25) is 10.0 Å². The van der Waals surface area contributed by atoms with Crippen molar-refractivity contribution in [1.82, 2.24) is 8.52 Å². The van der Waals surface area contributed by atoms with Crippen LogP contribution in [0, 0.1) is 0 Å². The lowest BCUT2D eigenvalue weighted by atomic mass is 10.1. The molecule has 0 saturated heterocycles. The summed E-state index contributed by atoms with van der Waals surface area (Å²) in [5.41, 5.74) is 12.0. The molecule has 0 bridgehead atoms. The van der Waals surface area contributed by atoms with E-state index in [1.165, 1.54) is 16.1 Å². The van der Waals surface area contributed by atoms with Crippen LogP contribution in [0.5, 0.6) is 0 Å². The molecule has 0 aliphatic rings. The lowest BCUT2D eigenvalue weighted by Gasteiger charge is -2.11. The molecule has 3 aromatic rings. The lowest BCUT2D eigenvalue weighted by molar-refractivity contribution is -0.149. The molecule has 0 saturated carbocycles. The topological polar surface area (TPSA) is 135 Å². The van der Waals surface area contributed by atoms with E-state index in [0.29, 0.717) is 35.0 Å². The zero-order valence-corrected chi connectivity index (χ0v) is 21.1. The van der Waals surface area contributed by atoms with Gasteiger partial charge < -0.3 is 16.2 Å². The molecular weight excluding hydrogens is 513 g/mol. The van der Waals surface area contributed by atoms with Gasteiger partial charge in [-0.1, -0.05) is 41.8 Å². The number of nitrogens with zero attached hydrogens (tertiary/aromatic N) is 3. The molecule has 0 aliphatic heterocycles. The molecule has 186 valence electrons. The van der Waals surface area contributed by atoms with Gasteiger partial charge in [-0.15, -0.1) is 0 Å². The molecule has 0 spiro atoms. The number of hydrogen-bond donors (Lipinski definition) is 2. The first kappa shape index (κ1) is 26.8. The Morgan fingerprint density at radius 2 is 1.66 bits per heavy atom. The Labute approximate surface area is 215 Å². The third kappa shape index (κ3) is 7.61. The number of unbranched alkanes of at least 4 members (excludes halogenated alkanes) is 1. The largest absolute Gasteiger partial charge is 0.442 e. The average molecular weight is 538 g/mol. The van der Waals surface area contributed by atoms with Crippen molar-refractivity contribution < 1.29 is 14.3 Å². The molecule has 0 radical (unpaired) electrons. The van der Waals surface area contributed by atoms with E-state index in [2.05, 4.69) is 4.99 Å². The van der Waals surface area contributed by atoms with Crippen molar-refractivity contribution in [3.05, 3.63) is 85.0 Å². The number of hydrogen-bond acceptors (Lipinski definition) is 7. The highest BCUT2D eigenvalue weighted by Crippen LogP contribution is 2.12. The first-order valence-electron chi connectivity index (χ1n) is 10.8. The zero-order valence-electron chi connectivity index (χ0n) is 18.7. The van der Waals surface area contributed by atoms with Gasteiger partial charge in [-0.3, -0.25) is 9.59 Å². The minimum atomic E-state index is -0.840. The molecule has 9 nitrogen and oxygen atoms in total. The van der Waals surface area contributed by atoms with E-state index < -0.39 is 30.3 Å². The van der Waals surface area contributed by atoms with Gasteiger partial charge in [-0.25, -0.2) is 13.3 Å². The third-order valence-corrected chi connectivity index (χ3v) is 6.49. The minimum absolute atomic E-state index is 0.0772. The number of halogens is 2. The first-order chi connectivity index (χ1) is 16.8. The Bertz CT molecular complexity index is 1280. The number of esters is 1. The van der Waals surface area contributed by atoms with Crippen LogP contribution in [0.4, 0.5) is 0 Å². The molecule has 1 unspecified atom stereocenters. The highest BCUT2D eigenvalue weighted by Gasteiger charge is 2.17. The summed E-state index contributed by atoms with van der Waals surface area (Å²) in [7, 11) is 0. The molecule has 12 heteroatoms. The zero-order chi connectivity index (χ0) is 25.4. The molecule has 35 heavy (non-hydrogen) atoms. The second-order valence-corrected chi connectivity index (χ2v) is 9.52. The maximum atomic E-state index is 13.1. The van der Waals surface area contributed by atoms with Crippen LogP contribution in [0.15, 0.2) is 58.3 Å². The van der Waals surface area contributed by atoms with Crippen LogP contribution in [0.1, 0.15) is 35.2 Å². The molecule has 1 atom stereocenters. The van der Waals surface area contributed by atoms with Crippen LogP contribution in [0.3, 0.4) is 0 Å². The number of rotatable bonds is 10. The highest BCUT2D eigenvalue weighted by molar-refractivity contribution is 7.03. The predicted molar refractivity (Wildman–Crippen MR) is 135 cm³/mol. The van der Waals surface area contributed by atoms with Gasteiger partial charge in [0.15, 0.2) is 6.73 Å². The van der Waals surface area contributed by atoms with Crippen LogP contribution < -0.4 is 22.0 Å². The van der Waals surface area contributed by atoms with Crippen molar-refractivity contribution in [2.24, 2.45) is 16.5 Å². The minimum Gasteiger partial charge on any atom is -0.442 e. The normalized spacial score (nSPS) is 12.5. The summed E-state index contributed by atoms with van der Waals surface area (Å²) >= 11 is 12.8. The van der Waals surface area contributed by atoms with Gasteiger partial charge in [-0.2, -0.15) is 4.99 Å². The molecule has 4 N–H and O–H groups in total. The quantitative estimate of drug-likeness (QED) is 0.301. The van der Waals surface area contributed by atoms with Crippen LogP contribution >= 0.6 is 34.7 Å². The van der Waals surface area contributed by atoms with Gasteiger partial charge >= 0.3 is 11.7 Å². The number of benzene rings is 2. The lowest BCUT2D eigenvalue weighted by Crippen LogP contribution is -2.36. The summed E-state index contributed by atoms with van der Waals surface area (Å²) < 4.78 is 7.81. The second kappa shape index (κ2) is 12.8. The fourth-order valence-corrected chi connectivity index (χ4v) is 4.25. The molecular formula is C23H25Cl2N5O4S. The fraction of sp³-hybridized carbons (Fsp3) is 0.304. The molecule has 1 amide bonds. The summed E-state index contributed by atoms with van der Waals surface area (Å²) in [6.45, 7) is 0.295. The molecule has 0 fully saturated rings. The van der Waals surface area contributed by atoms with Crippen LogP contribution in [-0.4, -0.2) is 33.0 Å². The van der Waals surface area contributed by atoms with E-state index >= 15 is 0 Å². The Kier molecular flexibility index (Phi) is 9.82. The van der Waals surface area contributed by atoms with Crippen molar-refractivity contribution in [2.45, 2.75) is 38.6 Å². The van der Waals surface area contributed by atoms with Crippen molar-refractivity contribution in [2.75, 3.05) is 6.54 Å².